The van der Waals surface area contributed by atoms with Gasteiger partial charge in [0, 0.05) is 18.7 Å². The minimum Gasteiger partial charge on any atom is -0.508 e. The van der Waals surface area contributed by atoms with Gasteiger partial charge in [0.25, 0.3) is 5.91 Å². The van der Waals surface area contributed by atoms with Crippen LogP contribution in [0.1, 0.15) is 26.5 Å². The SMILES string of the molecule is Cc1ccc(O)c(C)c1NC(=O)c1cnc(Nc2cc(CO)n(C)n2)s1. The van der Waals surface area contributed by atoms with Crippen LogP contribution in [0.15, 0.2) is 24.4 Å². The molecule has 2 heterocycles. The minimum absolute atomic E-state index is 0.112. The number of carbonyl (C=O) groups is 1. The van der Waals surface area contributed by atoms with Crippen LogP contribution in [0.4, 0.5) is 16.6 Å². The number of aromatic hydroxyl groups is 1. The summed E-state index contributed by atoms with van der Waals surface area (Å²) in [6.45, 7) is 3.50. The van der Waals surface area contributed by atoms with Crippen molar-refractivity contribution in [3.05, 3.63) is 46.1 Å². The summed E-state index contributed by atoms with van der Waals surface area (Å²) in [6, 6.07) is 5.06. The highest BCUT2D eigenvalue weighted by Gasteiger charge is 2.15. The molecule has 0 saturated heterocycles. The first kappa shape index (κ1) is 17.9. The lowest BCUT2D eigenvalue weighted by Gasteiger charge is -2.11. The predicted molar refractivity (Wildman–Crippen MR) is 100 cm³/mol. The zero-order valence-corrected chi connectivity index (χ0v) is 15.4. The molecule has 3 aromatic rings. The van der Waals surface area contributed by atoms with Crippen molar-refractivity contribution in [2.24, 2.45) is 7.05 Å². The maximum atomic E-state index is 12.5. The van der Waals surface area contributed by atoms with Crippen molar-refractivity contribution in [3.63, 3.8) is 0 Å². The van der Waals surface area contributed by atoms with E-state index in [0.29, 0.717) is 32.8 Å². The van der Waals surface area contributed by atoms with Gasteiger partial charge in [0.2, 0.25) is 0 Å². The smallest absolute Gasteiger partial charge is 0.267 e. The van der Waals surface area contributed by atoms with Gasteiger partial charge in [0.1, 0.15) is 10.6 Å². The fourth-order valence-corrected chi connectivity index (χ4v) is 3.18. The summed E-state index contributed by atoms with van der Waals surface area (Å²) in [5, 5.41) is 29.6. The zero-order chi connectivity index (χ0) is 18.8. The topological polar surface area (TPSA) is 112 Å². The summed E-state index contributed by atoms with van der Waals surface area (Å²) in [5.74, 6) is 0.370. The van der Waals surface area contributed by atoms with Crippen molar-refractivity contribution in [3.8, 4) is 5.75 Å². The largest absolute Gasteiger partial charge is 0.508 e. The van der Waals surface area contributed by atoms with Gasteiger partial charge in [-0.3, -0.25) is 9.48 Å². The fraction of sp³-hybridized carbons (Fsp3) is 0.235. The number of aliphatic hydroxyl groups is 1. The van der Waals surface area contributed by atoms with Gasteiger partial charge in [-0.25, -0.2) is 4.98 Å². The number of nitrogens with zero attached hydrogens (tertiary/aromatic N) is 3. The van der Waals surface area contributed by atoms with Crippen LogP contribution < -0.4 is 10.6 Å². The highest BCUT2D eigenvalue weighted by atomic mass is 32.1. The highest BCUT2D eigenvalue weighted by molar-refractivity contribution is 7.17. The molecule has 0 aliphatic carbocycles. The molecule has 8 nitrogen and oxygen atoms in total. The number of anilines is 3. The molecule has 0 atom stereocenters. The zero-order valence-electron chi connectivity index (χ0n) is 14.6. The van der Waals surface area contributed by atoms with E-state index in [1.807, 2.05) is 6.92 Å². The molecule has 0 unspecified atom stereocenters. The van der Waals surface area contributed by atoms with Crippen molar-refractivity contribution >= 4 is 33.9 Å². The third-order valence-corrected chi connectivity index (χ3v) is 4.90. The Hall–Kier alpha value is -2.91. The molecule has 1 amide bonds. The molecule has 1 aromatic carbocycles. The molecule has 4 N–H and O–H groups in total. The Morgan fingerprint density at radius 2 is 2.12 bits per heavy atom. The number of aryl methyl sites for hydroxylation is 2. The molecular weight excluding hydrogens is 354 g/mol. The van der Waals surface area contributed by atoms with E-state index in [0.717, 1.165) is 5.56 Å². The van der Waals surface area contributed by atoms with E-state index in [4.69, 9.17) is 0 Å². The molecular formula is C17H19N5O3S. The maximum absolute atomic E-state index is 12.5. The quantitative estimate of drug-likeness (QED) is 0.547. The van der Waals surface area contributed by atoms with E-state index < -0.39 is 0 Å². The number of carbonyl (C=O) groups excluding carboxylic acids is 1. The lowest BCUT2D eigenvalue weighted by atomic mass is 10.1. The van der Waals surface area contributed by atoms with Crippen molar-refractivity contribution in [1.82, 2.24) is 14.8 Å². The molecule has 0 saturated carbocycles. The number of benzene rings is 1. The number of rotatable bonds is 5. The number of phenols is 1. The van der Waals surface area contributed by atoms with Gasteiger partial charge in [-0.15, -0.1) is 0 Å². The van der Waals surface area contributed by atoms with Crippen LogP contribution in [0.3, 0.4) is 0 Å². The van der Waals surface area contributed by atoms with Gasteiger partial charge in [-0.1, -0.05) is 17.4 Å². The lowest BCUT2D eigenvalue weighted by molar-refractivity contribution is 0.103. The molecule has 26 heavy (non-hydrogen) atoms. The molecule has 2 aromatic heterocycles. The summed E-state index contributed by atoms with van der Waals surface area (Å²) in [4.78, 5) is 17.1. The van der Waals surface area contributed by atoms with Crippen LogP contribution in [0.2, 0.25) is 0 Å². The maximum Gasteiger partial charge on any atom is 0.267 e. The average molecular weight is 373 g/mol. The van der Waals surface area contributed by atoms with E-state index in [1.54, 1.807) is 36.9 Å². The fourth-order valence-electron chi connectivity index (χ4n) is 2.46. The Bertz CT molecular complexity index is 963. The molecule has 0 bridgehead atoms. The van der Waals surface area contributed by atoms with Gasteiger partial charge >= 0.3 is 0 Å². The summed E-state index contributed by atoms with van der Waals surface area (Å²) >= 11 is 1.19. The number of aromatic nitrogens is 3. The van der Waals surface area contributed by atoms with Gasteiger partial charge in [0.05, 0.1) is 24.2 Å². The Kier molecular flexibility index (Phi) is 4.92. The van der Waals surface area contributed by atoms with Gasteiger partial charge in [-0.05, 0) is 25.5 Å². The van der Waals surface area contributed by atoms with E-state index in [-0.39, 0.29) is 18.3 Å². The van der Waals surface area contributed by atoms with E-state index >= 15 is 0 Å². The molecule has 0 aliphatic rings. The standard InChI is InChI=1S/C17H19N5O3S/c1-9-4-5-12(24)10(2)15(9)20-16(25)13-7-18-17(26-13)19-14-6-11(8-23)22(3)21-14/h4-7,23-24H,8H2,1-3H3,(H,20,25)(H,18,19,21). The second-order valence-electron chi connectivity index (χ2n) is 5.81. The Balaban J connectivity index is 1.75. The number of hydrogen-bond acceptors (Lipinski definition) is 7. The molecule has 0 fully saturated rings. The third-order valence-electron chi connectivity index (χ3n) is 3.99. The van der Waals surface area contributed by atoms with E-state index in [2.05, 4.69) is 20.7 Å². The Morgan fingerprint density at radius 3 is 2.81 bits per heavy atom. The summed E-state index contributed by atoms with van der Waals surface area (Å²) in [5.41, 5.74) is 2.74. The van der Waals surface area contributed by atoms with Crippen LogP contribution in [0, 0.1) is 13.8 Å². The number of hydrogen-bond donors (Lipinski definition) is 4. The lowest BCUT2D eigenvalue weighted by Crippen LogP contribution is -2.12. The highest BCUT2D eigenvalue weighted by Crippen LogP contribution is 2.29. The normalized spacial score (nSPS) is 10.8. The number of nitrogens with one attached hydrogen (secondary N) is 2. The number of thiazole rings is 1. The van der Waals surface area contributed by atoms with E-state index in [1.165, 1.54) is 17.5 Å². The van der Waals surface area contributed by atoms with Crippen molar-refractivity contribution in [2.75, 3.05) is 10.6 Å². The summed E-state index contributed by atoms with van der Waals surface area (Å²) < 4.78 is 1.57. The third kappa shape index (κ3) is 3.53. The molecule has 136 valence electrons. The minimum atomic E-state index is -0.301. The molecule has 0 radical (unpaired) electrons. The van der Waals surface area contributed by atoms with Crippen molar-refractivity contribution in [2.45, 2.75) is 20.5 Å². The Labute approximate surface area is 154 Å². The molecule has 3 rings (SSSR count). The van der Waals surface area contributed by atoms with Crippen LogP contribution in [0.25, 0.3) is 0 Å². The summed E-state index contributed by atoms with van der Waals surface area (Å²) in [6.07, 6.45) is 1.48. The number of phenolic OH excluding ortho intramolecular Hbond substituents is 1. The molecule has 9 heteroatoms. The Morgan fingerprint density at radius 1 is 1.35 bits per heavy atom. The first-order valence-corrected chi connectivity index (χ1v) is 8.68. The van der Waals surface area contributed by atoms with Crippen LogP contribution in [-0.4, -0.2) is 30.9 Å². The van der Waals surface area contributed by atoms with Gasteiger partial charge in [0.15, 0.2) is 10.9 Å². The van der Waals surface area contributed by atoms with Crippen LogP contribution >= 0.6 is 11.3 Å². The predicted octanol–water partition coefficient (Wildman–Crippen LogP) is 2.69. The first-order chi connectivity index (χ1) is 12.4. The van der Waals surface area contributed by atoms with Crippen LogP contribution in [0.5, 0.6) is 5.75 Å². The monoisotopic (exact) mass is 373 g/mol. The van der Waals surface area contributed by atoms with Gasteiger partial charge in [-0.2, -0.15) is 5.10 Å². The van der Waals surface area contributed by atoms with Crippen LogP contribution in [-0.2, 0) is 13.7 Å². The number of aliphatic hydroxyl groups excluding tert-OH is 1. The second-order valence-corrected chi connectivity index (χ2v) is 6.84. The van der Waals surface area contributed by atoms with Crippen molar-refractivity contribution in [1.29, 1.82) is 0 Å². The summed E-state index contributed by atoms with van der Waals surface area (Å²) in [7, 11) is 1.73. The van der Waals surface area contributed by atoms with E-state index in [9.17, 15) is 15.0 Å². The molecule has 0 aliphatic heterocycles. The van der Waals surface area contributed by atoms with Gasteiger partial charge < -0.3 is 20.8 Å². The first-order valence-electron chi connectivity index (χ1n) is 7.86. The molecule has 0 spiro atoms. The number of amides is 1. The van der Waals surface area contributed by atoms with Crippen molar-refractivity contribution < 1.29 is 15.0 Å². The average Bonchev–Trinajstić information content (AvgIpc) is 3.21. The second kappa shape index (κ2) is 7.14.